The Balaban J connectivity index is 2.11. The van der Waals surface area contributed by atoms with Gasteiger partial charge in [0, 0.05) is 12.8 Å². The molecule has 1 saturated carbocycles. The van der Waals surface area contributed by atoms with Gasteiger partial charge in [0.25, 0.3) is 0 Å². The molecular weight excluding hydrogens is 152 g/mol. The van der Waals surface area contributed by atoms with Crippen LogP contribution in [0.4, 0.5) is 0 Å². The van der Waals surface area contributed by atoms with Gasteiger partial charge in [-0.25, -0.2) is 0 Å². The second-order valence-corrected chi connectivity index (χ2v) is 3.79. The van der Waals surface area contributed by atoms with Gasteiger partial charge in [-0.05, 0) is 25.2 Å². The minimum Gasteiger partial charge on any atom is -0.340 e. The molecule has 12 heavy (non-hydrogen) atoms. The van der Waals surface area contributed by atoms with Crippen molar-refractivity contribution in [2.45, 2.75) is 39.0 Å². The number of aromatic nitrogens is 2. The van der Waals surface area contributed by atoms with Gasteiger partial charge in [-0.3, -0.25) is 0 Å². The zero-order valence-corrected chi connectivity index (χ0v) is 7.58. The predicted molar refractivity (Wildman–Crippen MR) is 44.8 cm³/mol. The fourth-order valence-corrected chi connectivity index (χ4v) is 1.92. The highest BCUT2D eigenvalue weighted by molar-refractivity contribution is 4.98. The van der Waals surface area contributed by atoms with E-state index in [1.165, 1.54) is 19.3 Å². The van der Waals surface area contributed by atoms with Gasteiger partial charge in [0.05, 0.1) is 0 Å². The van der Waals surface area contributed by atoms with E-state index in [4.69, 9.17) is 4.52 Å². The fraction of sp³-hybridized carbons (Fsp3) is 0.778. The van der Waals surface area contributed by atoms with Crippen LogP contribution < -0.4 is 0 Å². The third-order valence-electron chi connectivity index (χ3n) is 2.60. The van der Waals surface area contributed by atoms with E-state index in [1.807, 2.05) is 6.92 Å². The molecule has 1 heterocycles. The minimum atomic E-state index is 0.553. The van der Waals surface area contributed by atoms with Crippen molar-refractivity contribution in [2.24, 2.45) is 5.92 Å². The molecule has 0 radical (unpaired) electrons. The summed E-state index contributed by atoms with van der Waals surface area (Å²) in [6.07, 6.45) is 3.75. The standard InChI is InChI=1S/C9H14N2O/c1-6-3-4-8(5-6)9-10-7(2)12-11-9/h6,8H,3-5H2,1-2H3. The van der Waals surface area contributed by atoms with Gasteiger partial charge >= 0.3 is 0 Å². The van der Waals surface area contributed by atoms with Crippen LogP contribution in [0.25, 0.3) is 0 Å². The second-order valence-electron chi connectivity index (χ2n) is 3.79. The van der Waals surface area contributed by atoms with E-state index in [0.717, 1.165) is 11.7 Å². The summed E-state index contributed by atoms with van der Waals surface area (Å²) in [6.45, 7) is 4.13. The molecule has 0 spiro atoms. The van der Waals surface area contributed by atoms with Crippen molar-refractivity contribution in [2.75, 3.05) is 0 Å². The van der Waals surface area contributed by atoms with E-state index < -0.39 is 0 Å². The Kier molecular flexibility index (Phi) is 1.87. The van der Waals surface area contributed by atoms with E-state index in [9.17, 15) is 0 Å². The predicted octanol–water partition coefficient (Wildman–Crippen LogP) is 2.28. The number of hydrogen-bond donors (Lipinski definition) is 0. The first-order chi connectivity index (χ1) is 5.75. The van der Waals surface area contributed by atoms with Gasteiger partial charge in [-0.1, -0.05) is 12.1 Å². The Bertz CT molecular complexity index is 269. The highest BCUT2D eigenvalue weighted by Crippen LogP contribution is 2.36. The lowest BCUT2D eigenvalue weighted by Gasteiger charge is -2.01. The molecule has 1 aliphatic carbocycles. The third kappa shape index (κ3) is 1.36. The second kappa shape index (κ2) is 2.88. The molecule has 2 atom stereocenters. The van der Waals surface area contributed by atoms with Gasteiger partial charge in [0.1, 0.15) is 0 Å². The largest absolute Gasteiger partial charge is 0.340 e. The molecule has 3 heteroatoms. The maximum absolute atomic E-state index is 4.95. The number of rotatable bonds is 1. The quantitative estimate of drug-likeness (QED) is 0.642. The molecule has 1 fully saturated rings. The average Bonchev–Trinajstić information content (AvgIpc) is 2.58. The molecule has 3 nitrogen and oxygen atoms in total. The van der Waals surface area contributed by atoms with Gasteiger partial charge < -0.3 is 4.52 Å². The van der Waals surface area contributed by atoms with Gasteiger partial charge in [0.2, 0.25) is 5.89 Å². The van der Waals surface area contributed by atoms with Gasteiger partial charge in [0.15, 0.2) is 5.82 Å². The zero-order chi connectivity index (χ0) is 8.55. The number of aryl methyl sites for hydroxylation is 1. The zero-order valence-electron chi connectivity index (χ0n) is 7.58. The molecule has 1 aromatic heterocycles. The van der Waals surface area contributed by atoms with Crippen LogP contribution >= 0.6 is 0 Å². The summed E-state index contributed by atoms with van der Waals surface area (Å²) in [7, 11) is 0. The van der Waals surface area contributed by atoms with Crippen LogP contribution in [0.2, 0.25) is 0 Å². The molecule has 0 saturated heterocycles. The number of nitrogens with zero attached hydrogens (tertiary/aromatic N) is 2. The van der Waals surface area contributed by atoms with Crippen LogP contribution in [-0.2, 0) is 0 Å². The lowest BCUT2D eigenvalue weighted by molar-refractivity contribution is 0.382. The highest BCUT2D eigenvalue weighted by atomic mass is 16.5. The Morgan fingerprint density at radius 1 is 1.42 bits per heavy atom. The molecule has 2 rings (SSSR count). The SMILES string of the molecule is Cc1nc(C2CCC(C)C2)no1. The summed E-state index contributed by atoms with van der Waals surface area (Å²) >= 11 is 0. The molecular formula is C9H14N2O. The Morgan fingerprint density at radius 3 is 2.75 bits per heavy atom. The van der Waals surface area contributed by atoms with Crippen molar-refractivity contribution < 1.29 is 4.52 Å². The van der Waals surface area contributed by atoms with Gasteiger partial charge in [-0.2, -0.15) is 4.98 Å². The Hall–Kier alpha value is -0.860. The molecule has 66 valence electrons. The van der Waals surface area contributed by atoms with Crippen molar-refractivity contribution >= 4 is 0 Å². The summed E-state index contributed by atoms with van der Waals surface area (Å²) in [4.78, 5) is 4.25. The van der Waals surface area contributed by atoms with Crippen LogP contribution in [0.3, 0.4) is 0 Å². The highest BCUT2D eigenvalue weighted by Gasteiger charge is 2.26. The Morgan fingerprint density at radius 2 is 2.25 bits per heavy atom. The minimum absolute atomic E-state index is 0.553. The topological polar surface area (TPSA) is 38.9 Å². The van der Waals surface area contributed by atoms with E-state index >= 15 is 0 Å². The molecule has 0 aromatic carbocycles. The first kappa shape index (κ1) is 7.77. The molecule has 0 aliphatic heterocycles. The van der Waals surface area contributed by atoms with E-state index in [2.05, 4.69) is 17.1 Å². The molecule has 0 N–H and O–H groups in total. The summed E-state index contributed by atoms with van der Waals surface area (Å²) in [5.74, 6) is 2.98. The van der Waals surface area contributed by atoms with E-state index in [1.54, 1.807) is 0 Å². The normalized spacial score (nSPS) is 29.5. The van der Waals surface area contributed by atoms with Crippen LogP contribution in [-0.4, -0.2) is 10.1 Å². The maximum atomic E-state index is 4.95. The van der Waals surface area contributed by atoms with Crippen LogP contribution in [0.1, 0.15) is 43.8 Å². The van der Waals surface area contributed by atoms with Crippen molar-refractivity contribution in [3.63, 3.8) is 0 Å². The van der Waals surface area contributed by atoms with Gasteiger partial charge in [-0.15, -0.1) is 0 Å². The smallest absolute Gasteiger partial charge is 0.223 e. The Labute approximate surface area is 72.2 Å². The van der Waals surface area contributed by atoms with E-state index in [0.29, 0.717) is 11.8 Å². The summed E-state index contributed by atoms with van der Waals surface area (Å²) in [6, 6.07) is 0. The fourth-order valence-electron chi connectivity index (χ4n) is 1.92. The van der Waals surface area contributed by atoms with Crippen molar-refractivity contribution in [1.29, 1.82) is 0 Å². The van der Waals surface area contributed by atoms with Crippen molar-refractivity contribution in [3.8, 4) is 0 Å². The molecule has 1 aromatic rings. The lowest BCUT2D eigenvalue weighted by Crippen LogP contribution is -1.95. The molecule has 2 unspecified atom stereocenters. The number of hydrogen-bond acceptors (Lipinski definition) is 3. The lowest BCUT2D eigenvalue weighted by atomic mass is 10.1. The van der Waals surface area contributed by atoms with Crippen LogP contribution in [0, 0.1) is 12.8 Å². The van der Waals surface area contributed by atoms with Crippen molar-refractivity contribution in [3.05, 3.63) is 11.7 Å². The molecule has 1 aliphatic rings. The van der Waals surface area contributed by atoms with E-state index in [-0.39, 0.29) is 0 Å². The molecule has 0 bridgehead atoms. The monoisotopic (exact) mass is 166 g/mol. The molecule has 0 amide bonds. The average molecular weight is 166 g/mol. The summed E-state index contributed by atoms with van der Waals surface area (Å²) in [5.41, 5.74) is 0. The first-order valence-corrected chi connectivity index (χ1v) is 4.56. The third-order valence-corrected chi connectivity index (χ3v) is 2.60. The first-order valence-electron chi connectivity index (χ1n) is 4.56. The summed E-state index contributed by atoms with van der Waals surface area (Å²) < 4.78 is 4.95. The van der Waals surface area contributed by atoms with Crippen molar-refractivity contribution in [1.82, 2.24) is 10.1 Å². The van der Waals surface area contributed by atoms with Crippen LogP contribution in [0.15, 0.2) is 4.52 Å². The van der Waals surface area contributed by atoms with Crippen LogP contribution in [0.5, 0.6) is 0 Å². The maximum Gasteiger partial charge on any atom is 0.223 e. The summed E-state index contributed by atoms with van der Waals surface area (Å²) in [5, 5.41) is 3.95.